The largest absolute Gasteiger partial charge is 0.465 e. The van der Waals surface area contributed by atoms with Crippen molar-refractivity contribution in [1.29, 1.82) is 0 Å². The summed E-state index contributed by atoms with van der Waals surface area (Å²) in [6.07, 6.45) is 3.41. The number of halogens is 1. The van der Waals surface area contributed by atoms with Crippen LogP contribution in [-0.4, -0.2) is 29.4 Å². The van der Waals surface area contributed by atoms with E-state index in [1.54, 1.807) is 0 Å². The topological polar surface area (TPSA) is 58.6 Å². The van der Waals surface area contributed by atoms with Crippen LogP contribution in [0.4, 0.5) is 11.4 Å². The Morgan fingerprint density at radius 2 is 1.79 bits per heavy atom. The van der Waals surface area contributed by atoms with Crippen molar-refractivity contribution < 1.29 is 14.3 Å². The van der Waals surface area contributed by atoms with Gasteiger partial charge in [-0.2, -0.15) is 0 Å². The zero-order valence-electron chi connectivity index (χ0n) is 18.2. The summed E-state index contributed by atoms with van der Waals surface area (Å²) in [4.78, 5) is 25.9. The van der Waals surface area contributed by atoms with Crippen LogP contribution in [0.2, 0.25) is 5.02 Å². The highest BCUT2D eigenvalue weighted by atomic mass is 35.5. The molecule has 2 atom stereocenters. The van der Waals surface area contributed by atoms with E-state index >= 15 is 0 Å². The van der Waals surface area contributed by atoms with Crippen LogP contribution in [0, 0.1) is 0 Å². The molecule has 1 fully saturated rings. The molecule has 1 N–H and O–H groups in total. The molecule has 3 aromatic carbocycles. The Bertz CT molecular complexity index is 1180. The van der Waals surface area contributed by atoms with Gasteiger partial charge in [0.1, 0.15) is 6.10 Å². The molecule has 33 heavy (non-hydrogen) atoms. The average Bonchev–Trinajstić information content (AvgIpc) is 3.16. The molecule has 5 nitrogen and oxygen atoms in total. The third-order valence-electron chi connectivity index (χ3n) is 6.56. The third-order valence-corrected chi connectivity index (χ3v) is 6.80. The normalized spacial score (nSPS) is 19.8. The standard InChI is InChI=1S/C27H25ClN2O3/c28-21-3-1-4-23(14-21)29-22-11-9-18(10-12-22)19-7-8-20-16-30(27(32)26(20)13-19)24-5-2-6-25(15-24)33-17-31/h1,3-4,7-14,17,24-25,29H,2,5-6,15-16H2. The highest BCUT2D eigenvalue weighted by Crippen LogP contribution is 2.34. The van der Waals surface area contributed by atoms with Gasteiger partial charge in [-0.1, -0.05) is 41.9 Å². The van der Waals surface area contributed by atoms with Gasteiger partial charge in [-0.15, -0.1) is 0 Å². The second-order valence-electron chi connectivity index (χ2n) is 8.69. The first-order valence-corrected chi connectivity index (χ1v) is 11.6. The smallest absolute Gasteiger partial charge is 0.293 e. The third kappa shape index (κ3) is 4.60. The molecule has 6 heteroatoms. The average molecular weight is 461 g/mol. The number of fused-ring (bicyclic) bond motifs is 1. The summed E-state index contributed by atoms with van der Waals surface area (Å²) in [7, 11) is 0. The summed E-state index contributed by atoms with van der Waals surface area (Å²) in [5, 5.41) is 4.04. The Morgan fingerprint density at radius 3 is 2.58 bits per heavy atom. The lowest BCUT2D eigenvalue weighted by Crippen LogP contribution is -2.40. The second-order valence-corrected chi connectivity index (χ2v) is 9.13. The lowest BCUT2D eigenvalue weighted by molar-refractivity contribution is -0.135. The zero-order chi connectivity index (χ0) is 22.8. The van der Waals surface area contributed by atoms with Crippen molar-refractivity contribution in [3.63, 3.8) is 0 Å². The Balaban J connectivity index is 1.31. The van der Waals surface area contributed by atoms with Crippen molar-refractivity contribution in [3.05, 3.63) is 82.9 Å². The Hall–Kier alpha value is -3.31. The summed E-state index contributed by atoms with van der Waals surface area (Å²) in [6, 6.07) is 22.0. The monoisotopic (exact) mass is 460 g/mol. The Kier molecular flexibility index (Phi) is 6.05. The number of ether oxygens (including phenoxy) is 1. The van der Waals surface area contributed by atoms with E-state index in [4.69, 9.17) is 16.3 Å². The number of hydrogen-bond donors (Lipinski definition) is 1. The molecule has 1 aliphatic heterocycles. The van der Waals surface area contributed by atoms with Gasteiger partial charge in [-0.25, -0.2) is 0 Å². The summed E-state index contributed by atoms with van der Waals surface area (Å²) < 4.78 is 5.18. The molecule has 2 unspecified atom stereocenters. The lowest BCUT2D eigenvalue weighted by Gasteiger charge is -2.34. The predicted octanol–water partition coefficient (Wildman–Crippen LogP) is 6.19. The molecular weight excluding hydrogens is 436 g/mol. The van der Waals surface area contributed by atoms with E-state index in [-0.39, 0.29) is 18.1 Å². The molecule has 5 rings (SSSR count). The highest BCUT2D eigenvalue weighted by Gasteiger charge is 2.36. The summed E-state index contributed by atoms with van der Waals surface area (Å²) in [6.45, 7) is 1.14. The number of nitrogens with zero attached hydrogens (tertiary/aromatic N) is 1. The quantitative estimate of drug-likeness (QED) is 0.445. The number of carbonyl (C=O) groups is 2. The van der Waals surface area contributed by atoms with Gasteiger partial charge in [-0.3, -0.25) is 9.59 Å². The zero-order valence-corrected chi connectivity index (χ0v) is 18.9. The van der Waals surface area contributed by atoms with E-state index in [0.29, 0.717) is 24.5 Å². The van der Waals surface area contributed by atoms with Gasteiger partial charge in [-0.05, 0) is 72.4 Å². The van der Waals surface area contributed by atoms with E-state index in [0.717, 1.165) is 52.9 Å². The minimum absolute atomic E-state index is 0.0721. The van der Waals surface area contributed by atoms with E-state index in [1.165, 1.54) is 0 Å². The van der Waals surface area contributed by atoms with Crippen LogP contribution in [0.3, 0.4) is 0 Å². The number of anilines is 2. The molecule has 0 radical (unpaired) electrons. The van der Waals surface area contributed by atoms with Gasteiger partial charge in [0, 0.05) is 41.0 Å². The first-order valence-electron chi connectivity index (χ1n) is 11.3. The Morgan fingerprint density at radius 1 is 0.970 bits per heavy atom. The van der Waals surface area contributed by atoms with Gasteiger partial charge in [0.2, 0.25) is 0 Å². The number of hydrogen-bond acceptors (Lipinski definition) is 4. The first kappa shape index (κ1) is 21.5. The molecular formula is C27H25ClN2O3. The maximum absolute atomic E-state index is 13.2. The van der Waals surface area contributed by atoms with Crippen LogP contribution in [0.5, 0.6) is 0 Å². The SMILES string of the molecule is O=COC1CCCC(N2Cc3ccc(-c4ccc(Nc5cccc(Cl)c5)cc4)cc3C2=O)C1. The maximum Gasteiger partial charge on any atom is 0.293 e. The van der Waals surface area contributed by atoms with Crippen LogP contribution in [0.1, 0.15) is 41.6 Å². The van der Waals surface area contributed by atoms with Crippen molar-refractivity contribution in [1.82, 2.24) is 4.90 Å². The summed E-state index contributed by atoms with van der Waals surface area (Å²) in [5.74, 6) is 0.0721. The fourth-order valence-corrected chi connectivity index (χ4v) is 5.07. The van der Waals surface area contributed by atoms with Gasteiger partial charge in [0.25, 0.3) is 12.4 Å². The molecule has 0 bridgehead atoms. The van der Waals surface area contributed by atoms with E-state index in [1.807, 2.05) is 59.5 Å². The number of nitrogens with one attached hydrogen (secondary N) is 1. The number of rotatable bonds is 6. The number of carbonyl (C=O) groups excluding carboxylic acids is 2. The van der Waals surface area contributed by atoms with Crippen LogP contribution in [0.15, 0.2) is 66.7 Å². The molecule has 168 valence electrons. The fraction of sp³-hybridized carbons (Fsp3) is 0.259. The first-order chi connectivity index (χ1) is 16.1. The van der Waals surface area contributed by atoms with Crippen molar-refractivity contribution in [3.8, 4) is 11.1 Å². The van der Waals surface area contributed by atoms with Gasteiger partial charge in [0.05, 0.1) is 0 Å². The second kappa shape index (κ2) is 9.28. The molecule has 1 aliphatic carbocycles. The summed E-state index contributed by atoms with van der Waals surface area (Å²) >= 11 is 6.06. The minimum Gasteiger partial charge on any atom is -0.465 e. The van der Waals surface area contributed by atoms with Gasteiger partial charge >= 0.3 is 0 Å². The highest BCUT2D eigenvalue weighted by molar-refractivity contribution is 6.30. The van der Waals surface area contributed by atoms with Crippen molar-refractivity contribution in [2.75, 3.05) is 5.32 Å². The summed E-state index contributed by atoms with van der Waals surface area (Å²) in [5.41, 5.74) is 5.80. The molecule has 1 heterocycles. The van der Waals surface area contributed by atoms with Crippen LogP contribution in [0.25, 0.3) is 11.1 Å². The predicted molar refractivity (Wildman–Crippen MR) is 130 cm³/mol. The van der Waals surface area contributed by atoms with Crippen molar-refractivity contribution >= 4 is 35.4 Å². The molecule has 0 aromatic heterocycles. The van der Waals surface area contributed by atoms with E-state index < -0.39 is 0 Å². The fourth-order valence-electron chi connectivity index (χ4n) is 4.88. The van der Waals surface area contributed by atoms with Crippen LogP contribution in [-0.2, 0) is 16.1 Å². The maximum atomic E-state index is 13.2. The number of amides is 1. The lowest BCUT2D eigenvalue weighted by atomic mass is 9.92. The number of benzene rings is 3. The molecule has 3 aromatic rings. The van der Waals surface area contributed by atoms with Gasteiger partial charge < -0.3 is 15.0 Å². The Labute approximate surface area is 198 Å². The van der Waals surface area contributed by atoms with Crippen molar-refractivity contribution in [2.24, 2.45) is 0 Å². The molecule has 1 saturated carbocycles. The van der Waals surface area contributed by atoms with Crippen LogP contribution < -0.4 is 5.32 Å². The molecule has 0 spiro atoms. The van der Waals surface area contributed by atoms with Gasteiger partial charge in [0.15, 0.2) is 0 Å². The van der Waals surface area contributed by atoms with Crippen molar-refractivity contribution in [2.45, 2.75) is 44.4 Å². The van der Waals surface area contributed by atoms with E-state index in [9.17, 15) is 9.59 Å². The van der Waals surface area contributed by atoms with Crippen LogP contribution >= 0.6 is 11.6 Å². The molecule has 1 amide bonds. The van der Waals surface area contributed by atoms with E-state index in [2.05, 4.69) is 17.4 Å². The molecule has 0 saturated heterocycles. The molecule has 2 aliphatic rings. The minimum atomic E-state index is -0.0904.